The molecule has 160 valence electrons. The van der Waals surface area contributed by atoms with Crippen LogP contribution in [0.25, 0.3) is 0 Å². The highest BCUT2D eigenvalue weighted by molar-refractivity contribution is 9.10. The average Bonchev–Trinajstić information content (AvgIpc) is 3.52. The zero-order valence-electron chi connectivity index (χ0n) is 16.9. The summed E-state index contributed by atoms with van der Waals surface area (Å²) in [4.78, 5) is 42.1. The van der Waals surface area contributed by atoms with Crippen molar-refractivity contribution in [2.24, 2.45) is 0 Å². The Labute approximate surface area is 187 Å². The largest absolute Gasteiger partial charge is 0.497 e. The van der Waals surface area contributed by atoms with Crippen LogP contribution < -0.4 is 9.64 Å². The van der Waals surface area contributed by atoms with Crippen molar-refractivity contribution >= 4 is 39.3 Å². The maximum atomic E-state index is 14.2. The number of ether oxygens (including phenoxy) is 1. The Bertz CT molecular complexity index is 1110. The second kappa shape index (κ2) is 7.15. The summed E-state index contributed by atoms with van der Waals surface area (Å²) in [6.07, 6.45) is 1.69. The lowest BCUT2D eigenvalue weighted by Gasteiger charge is -2.36. The van der Waals surface area contributed by atoms with Crippen LogP contribution in [0.4, 0.5) is 10.1 Å². The molecule has 2 aromatic rings. The lowest BCUT2D eigenvalue weighted by Crippen LogP contribution is -2.55. The van der Waals surface area contributed by atoms with E-state index in [1.807, 2.05) is 0 Å². The molecular weight excluding hydrogens is 467 g/mol. The lowest BCUT2D eigenvalue weighted by molar-refractivity contribution is -0.150. The third-order valence-corrected chi connectivity index (χ3v) is 7.26. The minimum Gasteiger partial charge on any atom is -0.497 e. The Morgan fingerprint density at radius 1 is 1.13 bits per heavy atom. The van der Waals surface area contributed by atoms with Crippen LogP contribution in [0.3, 0.4) is 0 Å². The van der Waals surface area contributed by atoms with Gasteiger partial charge in [-0.1, -0.05) is 12.1 Å². The van der Waals surface area contributed by atoms with Crippen molar-refractivity contribution in [1.82, 2.24) is 4.90 Å². The molecule has 3 aliphatic rings. The highest BCUT2D eigenvalue weighted by Crippen LogP contribution is 2.60. The van der Waals surface area contributed by atoms with E-state index in [1.165, 1.54) is 15.9 Å². The third-order valence-electron chi connectivity index (χ3n) is 6.48. The Morgan fingerprint density at radius 3 is 2.48 bits per heavy atom. The standard InChI is InChI=1S/C23H20BrFN2O4/c1-31-14-4-2-13(3-5-14)12-26-18(28)9-8-17(21(26)29)27-16-7-6-15(25)20(24)19(16)23(10-11-23)22(27)30/h2-7,17H,8-12H2,1H3. The van der Waals surface area contributed by atoms with Gasteiger partial charge in [0.1, 0.15) is 17.6 Å². The first-order valence-corrected chi connectivity index (χ1v) is 11.0. The molecule has 8 heteroatoms. The molecule has 1 atom stereocenters. The van der Waals surface area contributed by atoms with Crippen LogP contribution in [0, 0.1) is 5.82 Å². The van der Waals surface area contributed by atoms with E-state index in [2.05, 4.69) is 15.9 Å². The van der Waals surface area contributed by atoms with Crippen LogP contribution in [0.1, 0.15) is 36.8 Å². The molecule has 2 heterocycles. The molecule has 3 amide bonds. The summed E-state index contributed by atoms with van der Waals surface area (Å²) < 4.78 is 19.7. The van der Waals surface area contributed by atoms with Gasteiger partial charge in [0.2, 0.25) is 11.8 Å². The topological polar surface area (TPSA) is 66.9 Å². The second-order valence-corrected chi connectivity index (χ2v) is 9.03. The maximum absolute atomic E-state index is 14.2. The van der Waals surface area contributed by atoms with Crippen molar-refractivity contribution in [3.63, 3.8) is 0 Å². The van der Waals surface area contributed by atoms with Gasteiger partial charge in [-0.05, 0) is 65.0 Å². The summed E-state index contributed by atoms with van der Waals surface area (Å²) in [5.74, 6) is -0.573. The number of halogens is 2. The molecule has 1 aliphatic carbocycles. The van der Waals surface area contributed by atoms with Gasteiger partial charge >= 0.3 is 0 Å². The van der Waals surface area contributed by atoms with Crippen molar-refractivity contribution in [2.45, 2.75) is 43.7 Å². The highest BCUT2D eigenvalue weighted by atomic mass is 79.9. The van der Waals surface area contributed by atoms with Crippen LogP contribution in [0.5, 0.6) is 5.75 Å². The van der Waals surface area contributed by atoms with E-state index in [0.717, 1.165) is 5.56 Å². The molecule has 0 bridgehead atoms. The molecule has 0 aromatic heterocycles. The number of piperidine rings is 1. The number of rotatable bonds is 4. The van der Waals surface area contributed by atoms with E-state index >= 15 is 0 Å². The number of hydrogen-bond acceptors (Lipinski definition) is 4. The number of fused-ring (bicyclic) bond motifs is 2. The Hall–Kier alpha value is -2.74. The van der Waals surface area contributed by atoms with Crippen molar-refractivity contribution in [3.8, 4) is 5.75 Å². The van der Waals surface area contributed by atoms with Gasteiger partial charge in [0.05, 0.1) is 29.2 Å². The number of likely N-dealkylation sites (tertiary alicyclic amines) is 1. The van der Waals surface area contributed by atoms with Gasteiger partial charge in [-0.15, -0.1) is 0 Å². The Kier molecular flexibility index (Phi) is 4.66. The third kappa shape index (κ3) is 2.99. The van der Waals surface area contributed by atoms with E-state index in [0.29, 0.717) is 29.8 Å². The number of hydrogen-bond donors (Lipinski definition) is 0. The van der Waals surface area contributed by atoms with Crippen LogP contribution >= 0.6 is 15.9 Å². The predicted molar refractivity (Wildman–Crippen MR) is 114 cm³/mol. The number of amides is 3. The number of imide groups is 1. The van der Waals surface area contributed by atoms with E-state index < -0.39 is 23.2 Å². The second-order valence-electron chi connectivity index (χ2n) is 8.23. The Morgan fingerprint density at radius 2 is 1.84 bits per heavy atom. The van der Waals surface area contributed by atoms with E-state index in [-0.39, 0.29) is 35.7 Å². The smallest absolute Gasteiger partial charge is 0.252 e. The van der Waals surface area contributed by atoms with Crippen molar-refractivity contribution in [3.05, 3.63) is 57.8 Å². The van der Waals surface area contributed by atoms with Crippen molar-refractivity contribution in [2.75, 3.05) is 12.0 Å². The molecule has 2 aliphatic heterocycles. The summed E-state index contributed by atoms with van der Waals surface area (Å²) in [5, 5.41) is 0. The quantitative estimate of drug-likeness (QED) is 0.618. The molecule has 2 aromatic carbocycles. The first-order valence-electron chi connectivity index (χ1n) is 10.2. The van der Waals surface area contributed by atoms with Gasteiger partial charge in [-0.25, -0.2) is 4.39 Å². The number of nitrogens with zero attached hydrogens (tertiary/aromatic N) is 2. The normalized spacial score (nSPS) is 21.6. The van der Waals surface area contributed by atoms with Gasteiger partial charge in [0, 0.05) is 12.0 Å². The van der Waals surface area contributed by atoms with Crippen LogP contribution in [0.15, 0.2) is 40.9 Å². The fraction of sp³-hybridized carbons (Fsp3) is 0.348. The molecule has 1 spiro atoms. The average molecular weight is 487 g/mol. The first-order chi connectivity index (χ1) is 14.9. The molecule has 5 rings (SSSR count). The molecule has 1 saturated heterocycles. The lowest BCUT2D eigenvalue weighted by atomic mass is 9.98. The van der Waals surface area contributed by atoms with Crippen molar-refractivity contribution < 1.29 is 23.5 Å². The predicted octanol–water partition coefficient (Wildman–Crippen LogP) is 3.69. The van der Waals surface area contributed by atoms with Crippen molar-refractivity contribution in [1.29, 1.82) is 0 Å². The Balaban J connectivity index is 1.47. The van der Waals surface area contributed by atoms with E-state index in [9.17, 15) is 18.8 Å². The molecule has 0 N–H and O–H groups in total. The number of carbonyl (C=O) groups excluding carboxylic acids is 3. The summed E-state index contributed by atoms with van der Waals surface area (Å²) in [6, 6.07) is 9.25. The number of anilines is 1. The minimum atomic E-state index is -0.778. The molecule has 1 saturated carbocycles. The molecule has 31 heavy (non-hydrogen) atoms. The van der Waals surface area contributed by atoms with Gasteiger partial charge in [-0.2, -0.15) is 0 Å². The van der Waals surface area contributed by atoms with E-state index in [1.54, 1.807) is 37.4 Å². The molecular formula is C23H20BrFN2O4. The SMILES string of the molecule is COc1ccc(CN2C(=O)CCC(N3C(=O)C4(CC4)c4c3ccc(F)c4Br)C2=O)cc1. The summed E-state index contributed by atoms with van der Waals surface area (Å²) >= 11 is 3.30. The monoisotopic (exact) mass is 486 g/mol. The van der Waals surface area contributed by atoms with Gasteiger partial charge in [-0.3, -0.25) is 24.2 Å². The molecule has 1 unspecified atom stereocenters. The number of benzene rings is 2. The molecule has 2 fully saturated rings. The summed E-state index contributed by atoms with van der Waals surface area (Å²) in [7, 11) is 1.57. The minimum absolute atomic E-state index is 0.130. The van der Waals surface area contributed by atoms with E-state index in [4.69, 9.17) is 4.74 Å². The van der Waals surface area contributed by atoms with Crippen LogP contribution in [0.2, 0.25) is 0 Å². The van der Waals surface area contributed by atoms with Crippen LogP contribution in [-0.2, 0) is 26.3 Å². The van der Waals surface area contributed by atoms with Crippen LogP contribution in [-0.4, -0.2) is 35.8 Å². The number of methoxy groups -OCH3 is 1. The van der Waals surface area contributed by atoms with Gasteiger partial charge < -0.3 is 4.74 Å². The molecule has 0 radical (unpaired) electrons. The van der Waals surface area contributed by atoms with Gasteiger partial charge in [0.15, 0.2) is 0 Å². The van der Waals surface area contributed by atoms with Gasteiger partial charge in [0.25, 0.3) is 5.91 Å². The zero-order valence-corrected chi connectivity index (χ0v) is 18.4. The summed E-state index contributed by atoms with van der Waals surface area (Å²) in [5.41, 5.74) is 1.23. The fourth-order valence-electron chi connectivity index (χ4n) is 4.68. The molecule has 6 nitrogen and oxygen atoms in total. The highest BCUT2D eigenvalue weighted by Gasteiger charge is 2.62. The number of carbonyl (C=O) groups is 3. The first kappa shape index (κ1) is 20.2. The fourth-order valence-corrected chi connectivity index (χ4v) is 5.40. The zero-order chi connectivity index (χ0) is 21.9. The summed E-state index contributed by atoms with van der Waals surface area (Å²) in [6.45, 7) is 0.130. The maximum Gasteiger partial charge on any atom is 0.252 e.